The molecule has 1 aliphatic heterocycles. The second-order valence-electron chi connectivity index (χ2n) is 5.29. The summed E-state index contributed by atoms with van der Waals surface area (Å²) in [6.07, 6.45) is 4.24. The molecule has 1 heterocycles. The summed E-state index contributed by atoms with van der Waals surface area (Å²) in [6.45, 7) is 8.52. The highest BCUT2D eigenvalue weighted by atomic mass is 16.7. The van der Waals surface area contributed by atoms with Gasteiger partial charge in [-0.3, -0.25) is 0 Å². The van der Waals surface area contributed by atoms with E-state index >= 15 is 0 Å². The maximum Gasteiger partial charge on any atom is 0.163 e. The third kappa shape index (κ3) is 3.44. The predicted molar refractivity (Wildman–Crippen MR) is 73.4 cm³/mol. The smallest absolute Gasteiger partial charge is 0.163 e. The third-order valence-corrected chi connectivity index (χ3v) is 3.42. The van der Waals surface area contributed by atoms with Gasteiger partial charge < -0.3 is 9.47 Å². The number of benzene rings is 1. The minimum Gasteiger partial charge on any atom is -0.348 e. The van der Waals surface area contributed by atoms with E-state index in [9.17, 15) is 0 Å². The Morgan fingerprint density at radius 3 is 2.67 bits per heavy atom. The van der Waals surface area contributed by atoms with Gasteiger partial charge in [-0.15, -0.1) is 6.58 Å². The summed E-state index contributed by atoms with van der Waals surface area (Å²) in [6, 6.07) is 10.5. The predicted octanol–water partition coefficient (Wildman–Crippen LogP) is 3.57. The Morgan fingerprint density at radius 2 is 2.11 bits per heavy atom. The van der Waals surface area contributed by atoms with Crippen LogP contribution >= 0.6 is 0 Å². The normalized spacial score (nSPS) is 23.8. The number of hydrogen-bond acceptors (Lipinski definition) is 2. The fourth-order valence-electron chi connectivity index (χ4n) is 2.36. The van der Waals surface area contributed by atoms with Crippen molar-refractivity contribution in [3.05, 3.63) is 48.6 Å². The lowest BCUT2D eigenvalue weighted by Gasteiger charge is -2.21. The van der Waals surface area contributed by atoms with E-state index in [4.69, 9.17) is 9.47 Å². The van der Waals surface area contributed by atoms with Crippen LogP contribution in [0.1, 0.15) is 25.8 Å². The van der Waals surface area contributed by atoms with Crippen molar-refractivity contribution in [3.8, 4) is 0 Å². The van der Waals surface area contributed by atoms with E-state index in [1.807, 2.05) is 26.0 Å². The standard InChI is InChI=1S/C16H22O2/c1-4-14(15-12-17-16(2,3)18-15)11-10-13-8-6-5-7-9-13/h4-9,14-15H,1,10-12H2,2-3H3/t14-,15+/m0/s1. The van der Waals surface area contributed by atoms with Crippen LogP contribution in [0.25, 0.3) is 0 Å². The van der Waals surface area contributed by atoms with Gasteiger partial charge in [0.2, 0.25) is 0 Å². The molecule has 0 radical (unpaired) electrons. The Kier molecular flexibility index (Phi) is 4.20. The first-order valence-electron chi connectivity index (χ1n) is 6.59. The van der Waals surface area contributed by atoms with Crippen LogP contribution in [-0.4, -0.2) is 18.5 Å². The molecule has 98 valence electrons. The second kappa shape index (κ2) is 5.68. The molecule has 18 heavy (non-hydrogen) atoms. The molecule has 0 N–H and O–H groups in total. The summed E-state index contributed by atoms with van der Waals surface area (Å²) in [7, 11) is 0. The summed E-state index contributed by atoms with van der Waals surface area (Å²) in [5.74, 6) is -0.0921. The van der Waals surface area contributed by atoms with Gasteiger partial charge in [0.1, 0.15) is 0 Å². The molecular weight excluding hydrogens is 224 g/mol. The van der Waals surface area contributed by atoms with Gasteiger partial charge in [-0.05, 0) is 32.3 Å². The molecule has 0 aromatic heterocycles. The second-order valence-corrected chi connectivity index (χ2v) is 5.29. The van der Waals surface area contributed by atoms with Gasteiger partial charge in [-0.2, -0.15) is 0 Å². The monoisotopic (exact) mass is 246 g/mol. The lowest BCUT2D eigenvalue weighted by Crippen LogP contribution is -2.26. The van der Waals surface area contributed by atoms with Crippen LogP contribution in [0.15, 0.2) is 43.0 Å². The fourth-order valence-corrected chi connectivity index (χ4v) is 2.36. The van der Waals surface area contributed by atoms with Gasteiger partial charge >= 0.3 is 0 Å². The first-order valence-corrected chi connectivity index (χ1v) is 6.59. The van der Waals surface area contributed by atoms with Crippen molar-refractivity contribution in [1.29, 1.82) is 0 Å². The highest BCUT2D eigenvalue weighted by Crippen LogP contribution is 2.29. The molecule has 1 saturated heterocycles. The zero-order chi connectivity index (χ0) is 13.0. The molecule has 1 aromatic rings. The van der Waals surface area contributed by atoms with Crippen LogP contribution in [0.5, 0.6) is 0 Å². The van der Waals surface area contributed by atoms with Gasteiger partial charge in [0.05, 0.1) is 12.7 Å². The molecule has 0 unspecified atom stereocenters. The van der Waals surface area contributed by atoms with E-state index in [-0.39, 0.29) is 6.10 Å². The van der Waals surface area contributed by atoms with Crippen LogP contribution < -0.4 is 0 Å². The molecule has 1 aliphatic rings. The number of hydrogen-bond donors (Lipinski definition) is 0. The molecule has 2 atom stereocenters. The third-order valence-electron chi connectivity index (χ3n) is 3.42. The van der Waals surface area contributed by atoms with Crippen molar-refractivity contribution in [1.82, 2.24) is 0 Å². The Balaban J connectivity index is 1.89. The number of ether oxygens (including phenoxy) is 2. The molecule has 1 fully saturated rings. The first kappa shape index (κ1) is 13.3. The van der Waals surface area contributed by atoms with E-state index < -0.39 is 5.79 Å². The molecule has 0 amide bonds. The zero-order valence-corrected chi connectivity index (χ0v) is 11.3. The van der Waals surface area contributed by atoms with E-state index in [1.165, 1.54) is 5.56 Å². The van der Waals surface area contributed by atoms with E-state index in [0.29, 0.717) is 12.5 Å². The summed E-state index contributed by atoms with van der Waals surface area (Å²) in [4.78, 5) is 0. The zero-order valence-electron chi connectivity index (χ0n) is 11.3. The summed E-state index contributed by atoms with van der Waals surface area (Å²) >= 11 is 0. The molecule has 2 nitrogen and oxygen atoms in total. The molecule has 0 spiro atoms. The van der Waals surface area contributed by atoms with Gasteiger partial charge in [0.25, 0.3) is 0 Å². The Morgan fingerprint density at radius 1 is 1.39 bits per heavy atom. The Hall–Kier alpha value is -1.12. The number of aryl methyl sites for hydroxylation is 1. The molecule has 0 aliphatic carbocycles. The first-order chi connectivity index (χ1) is 8.61. The quantitative estimate of drug-likeness (QED) is 0.739. The molecule has 2 heteroatoms. The summed E-state index contributed by atoms with van der Waals surface area (Å²) in [5.41, 5.74) is 1.36. The topological polar surface area (TPSA) is 18.5 Å². The van der Waals surface area contributed by atoms with Crippen molar-refractivity contribution in [3.63, 3.8) is 0 Å². The van der Waals surface area contributed by atoms with Crippen LogP contribution in [-0.2, 0) is 15.9 Å². The lowest BCUT2D eigenvalue weighted by molar-refractivity contribution is -0.142. The van der Waals surface area contributed by atoms with E-state index in [1.54, 1.807) is 0 Å². The number of rotatable bonds is 5. The van der Waals surface area contributed by atoms with Gasteiger partial charge in [0, 0.05) is 5.92 Å². The van der Waals surface area contributed by atoms with Crippen molar-refractivity contribution in [2.24, 2.45) is 5.92 Å². The summed E-state index contributed by atoms with van der Waals surface area (Å²) < 4.78 is 11.5. The highest BCUT2D eigenvalue weighted by Gasteiger charge is 2.35. The lowest BCUT2D eigenvalue weighted by atomic mass is 9.95. The van der Waals surface area contributed by atoms with Crippen LogP contribution in [0.3, 0.4) is 0 Å². The van der Waals surface area contributed by atoms with Crippen LogP contribution in [0.2, 0.25) is 0 Å². The van der Waals surface area contributed by atoms with Crippen molar-refractivity contribution in [2.45, 2.75) is 38.6 Å². The summed E-state index contributed by atoms with van der Waals surface area (Å²) in [5, 5.41) is 0. The largest absolute Gasteiger partial charge is 0.348 e. The molecule has 2 rings (SSSR count). The Bertz CT molecular complexity index is 383. The fraction of sp³-hybridized carbons (Fsp3) is 0.500. The minimum absolute atomic E-state index is 0.140. The highest BCUT2D eigenvalue weighted by molar-refractivity contribution is 5.15. The average Bonchev–Trinajstić information content (AvgIpc) is 2.72. The van der Waals surface area contributed by atoms with Crippen molar-refractivity contribution in [2.75, 3.05) is 6.61 Å². The van der Waals surface area contributed by atoms with Crippen molar-refractivity contribution >= 4 is 0 Å². The molecule has 1 aromatic carbocycles. The molecule has 0 bridgehead atoms. The van der Waals surface area contributed by atoms with Gasteiger partial charge in [-0.25, -0.2) is 0 Å². The van der Waals surface area contributed by atoms with Crippen LogP contribution in [0, 0.1) is 5.92 Å². The van der Waals surface area contributed by atoms with Crippen LogP contribution in [0.4, 0.5) is 0 Å². The van der Waals surface area contributed by atoms with Crippen molar-refractivity contribution < 1.29 is 9.47 Å². The molecular formula is C16H22O2. The average molecular weight is 246 g/mol. The van der Waals surface area contributed by atoms with E-state index in [2.05, 4.69) is 30.8 Å². The van der Waals surface area contributed by atoms with E-state index in [0.717, 1.165) is 12.8 Å². The Labute approximate surface area is 110 Å². The SMILES string of the molecule is C=C[C@@H](CCc1ccccc1)[C@H]1COC(C)(C)O1. The van der Waals surface area contributed by atoms with Gasteiger partial charge in [0.15, 0.2) is 5.79 Å². The van der Waals surface area contributed by atoms with Gasteiger partial charge in [-0.1, -0.05) is 36.4 Å². The maximum absolute atomic E-state index is 5.90. The maximum atomic E-state index is 5.90. The minimum atomic E-state index is -0.446. The molecule has 0 saturated carbocycles.